The largest absolute Gasteiger partial charge is 0.506 e. The number of likely N-dealkylation sites (N-methyl/N-ethyl adjacent to an activating group) is 1. The number of hydrogen-bond donors (Lipinski definition) is 3. The lowest BCUT2D eigenvalue weighted by Crippen LogP contribution is -2.50. The summed E-state index contributed by atoms with van der Waals surface area (Å²) in [4.78, 5) is 39.0. The Morgan fingerprint density at radius 3 is 2.59 bits per heavy atom. The monoisotopic (exact) mass is 678 g/mol. The zero-order chi connectivity index (χ0) is 32.6. The molecule has 0 aliphatic carbocycles. The van der Waals surface area contributed by atoms with E-state index in [1.165, 1.54) is 22.9 Å². The lowest BCUT2D eigenvalue weighted by atomic mass is 9.73. The Morgan fingerprint density at radius 2 is 1.93 bits per heavy atom. The number of hydrogen-bond acceptors (Lipinski definition) is 10. The zero-order valence-corrected chi connectivity index (χ0v) is 27.5. The number of aromatic nitrogens is 2. The lowest BCUT2D eigenvalue weighted by molar-refractivity contribution is -0.112. The van der Waals surface area contributed by atoms with E-state index in [0.29, 0.717) is 38.4 Å². The van der Waals surface area contributed by atoms with Crippen molar-refractivity contribution >= 4 is 63.9 Å². The molecule has 3 aliphatic rings. The van der Waals surface area contributed by atoms with Crippen LogP contribution in [-0.4, -0.2) is 70.7 Å². The van der Waals surface area contributed by atoms with Crippen LogP contribution in [0.25, 0.3) is 5.57 Å². The molecule has 1 spiro atoms. The van der Waals surface area contributed by atoms with E-state index < -0.39 is 5.91 Å². The maximum absolute atomic E-state index is 13.5. The third-order valence-corrected chi connectivity index (χ3v) is 10.6. The van der Waals surface area contributed by atoms with Crippen LogP contribution in [0.1, 0.15) is 25.3 Å². The molecule has 1 amide bonds. The molecular formula is C33H32Cl2N6O4S. The number of piperidine rings is 1. The number of aliphatic hydroxyl groups excluding tert-OH is 1. The number of allylic oxidation sites excluding steroid dienone is 1. The summed E-state index contributed by atoms with van der Waals surface area (Å²) in [6, 6.07) is 12.0. The van der Waals surface area contributed by atoms with E-state index in [4.69, 9.17) is 33.7 Å². The minimum Gasteiger partial charge on any atom is -0.506 e. The van der Waals surface area contributed by atoms with Gasteiger partial charge in [0, 0.05) is 53.3 Å². The highest BCUT2D eigenvalue weighted by molar-refractivity contribution is 7.99. The third-order valence-electron chi connectivity index (χ3n) is 8.83. The molecule has 0 bridgehead atoms. The van der Waals surface area contributed by atoms with E-state index in [1.54, 1.807) is 67.8 Å². The van der Waals surface area contributed by atoms with Crippen molar-refractivity contribution in [3.05, 3.63) is 93.7 Å². The fourth-order valence-electron chi connectivity index (χ4n) is 6.11. The van der Waals surface area contributed by atoms with Crippen molar-refractivity contribution in [3.63, 3.8) is 0 Å². The Bertz CT molecular complexity index is 1780. The standard InChI is InChI=1S/C33H32Cl2N6O4S/c1-19-31(36)33(18-45-19)9-11-41(12-10-33)26-14-38-27(15-37-26)46-25-8-4-7-23(29(25)35)39-32(44)28-24(17-42)40(2)16-22(30(28)43)20-5-3-6-21(34)13-20/h3-8,13-16,19,31,43H,9-12,18,36H2,1-2H3,(H,39,44)/t19-,31+/m0/s1. The van der Waals surface area contributed by atoms with Gasteiger partial charge in [0.05, 0.1) is 35.8 Å². The minimum atomic E-state index is -0.730. The van der Waals surface area contributed by atoms with Crippen molar-refractivity contribution in [2.24, 2.45) is 11.1 Å². The number of rotatable bonds is 6. The van der Waals surface area contributed by atoms with Gasteiger partial charge in [0.1, 0.15) is 27.9 Å². The van der Waals surface area contributed by atoms with Gasteiger partial charge >= 0.3 is 0 Å². The van der Waals surface area contributed by atoms with Crippen LogP contribution in [-0.2, 0) is 14.3 Å². The van der Waals surface area contributed by atoms with Crippen molar-refractivity contribution in [3.8, 4) is 0 Å². The van der Waals surface area contributed by atoms with Crippen LogP contribution in [0.15, 0.2) is 88.0 Å². The molecule has 13 heteroatoms. The van der Waals surface area contributed by atoms with Gasteiger partial charge in [-0.3, -0.25) is 4.79 Å². The molecule has 3 aromatic rings. The van der Waals surface area contributed by atoms with Crippen LogP contribution in [0.3, 0.4) is 0 Å². The maximum Gasteiger partial charge on any atom is 0.262 e. The van der Waals surface area contributed by atoms with E-state index in [0.717, 1.165) is 31.7 Å². The van der Waals surface area contributed by atoms with Crippen LogP contribution in [0.2, 0.25) is 10.0 Å². The van der Waals surface area contributed by atoms with Crippen LogP contribution in [0, 0.1) is 5.41 Å². The lowest BCUT2D eigenvalue weighted by Gasteiger charge is -2.41. The number of anilines is 2. The molecule has 238 valence electrons. The molecule has 0 saturated carbocycles. The SMILES string of the molecule is C[C@@H]1OCC2(CCN(c3cnc(Sc4cccc(NC(=O)C5=C(O)C(c6cccc(Cl)c6)=CN(C)C5=C=O)c4Cl)cn3)CC2)[C@@H]1N. The fraction of sp³-hybridized carbons (Fsp3) is 0.303. The molecule has 0 unspecified atom stereocenters. The molecule has 2 aromatic carbocycles. The Hall–Kier alpha value is -3.83. The molecule has 6 rings (SSSR count). The predicted molar refractivity (Wildman–Crippen MR) is 180 cm³/mol. The van der Waals surface area contributed by atoms with Gasteiger partial charge in [0.2, 0.25) is 0 Å². The van der Waals surface area contributed by atoms with Gasteiger partial charge in [-0.25, -0.2) is 14.8 Å². The van der Waals surface area contributed by atoms with Crippen molar-refractivity contribution in [1.29, 1.82) is 0 Å². The fourth-order valence-corrected chi connectivity index (χ4v) is 7.37. The maximum atomic E-state index is 13.5. The predicted octanol–water partition coefficient (Wildman–Crippen LogP) is 5.72. The first-order chi connectivity index (χ1) is 22.1. The smallest absolute Gasteiger partial charge is 0.262 e. The van der Waals surface area contributed by atoms with Gasteiger partial charge in [-0.15, -0.1) is 0 Å². The minimum absolute atomic E-state index is 0.0266. The van der Waals surface area contributed by atoms with E-state index in [9.17, 15) is 14.7 Å². The van der Waals surface area contributed by atoms with Gasteiger partial charge in [0.25, 0.3) is 5.91 Å². The molecular weight excluding hydrogens is 647 g/mol. The number of aliphatic hydroxyl groups is 1. The van der Waals surface area contributed by atoms with Crippen molar-refractivity contribution < 1.29 is 19.4 Å². The topological polar surface area (TPSA) is 134 Å². The van der Waals surface area contributed by atoms with E-state index in [-0.39, 0.29) is 39.6 Å². The van der Waals surface area contributed by atoms with Gasteiger partial charge in [-0.1, -0.05) is 53.2 Å². The van der Waals surface area contributed by atoms with Crippen LogP contribution >= 0.6 is 35.0 Å². The highest BCUT2D eigenvalue weighted by Crippen LogP contribution is 2.42. The van der Waals surface area contributed by atoms with Crippen molar-refractivity contribution in [1.82, 2.24) is 14.9 Å². The number of nitrogens with one attached hydrogen (secondary N) is 1. The normalized spacial score (nSPS) is 21.0. The summed E-state index contributed by atoms with van der Waals surface area (Å²) in [7, 11) is 1.59. The second kappa shape index (κ2) is 13.1. The number of carbonyl (C=O) groups excluding carboxylic acids is 2. The van der Waals surface area contributed by atoms with Crippen LogP contribution in [0.4, 0.5) is 11.5 Å². The zero-order valence-electron chi connectivity index (χ0n) is 25.2. The van der Waals surface area contributed by atoms with E-state index in [2.05, 4.69) is 20.2 Å². The van der Waals surface area contributed by atoms with E-state index >= 15 is 0 Å². The molecule has 2 saturated heterocycles. The summed E-state index contributed by atoms with van der Waals surface area (Å²) < 4.78 is 5.84. The van der Waals surface area contributed by atoms with Crippen molar-refractivity contribution in [2.75, 3.05) is 37.0 Å². The summed E-state index contributed by atoms with van der Waals surface area (Å²) in [6.45, 7) is 4.41. The Morgan fingerprint density at radius 1 is 1.17 bits per heavy atom. The van der Waals surface area contributed by atoms with Crippen molar-refractivity contribution in [2.45, 2.75) is 41.8 Å². The average molecular weight is 680 g/mol. The molecule has 46 heavy (non-hydrogen) atoms. The van der Waals surface area contributed by atoms with Crippen LogP contribution < -0.4 is 16.0 Å². The molecule has 10 nitrogen and oxygen atoms in total. The molecule has 2 atom stereocenters. The first kappa shape index (κ1) is 32.1. The molecule has 3 aliphatic heterocycles. The Labute approximate surface area is 280 Å². The first-order valence-electron chi connectivity index (χ1n) is 14.7. The summed E-state index contributed by atoms with van der Waals surface area (Å²) in [5.74, 6) is 1.44. The number of halogens is 2. The number of carbonyl (C=O) groups is 1. The third kappa shape index (κ3) is 6.14. The highest BCUT2D eigenvalue weighted by atomic mass is 35.5. The summed E-state index contributed by atoms with van der Waals surface area (Å²) in [5, 5.41) is 15.3. The number of amides is 1. The van der Waals surface area contributed by atoms with Crippen LogP contribution in [0.5, 0.6) is 0 Å². The molecule has 4 N–H and O–H groups in total. The first-order valence-corrected chi connectivity index (χ1v) is 16.3. The number of nitrogens with two attached hydrogens (primary N) is 1. The average Bonchev–Trinajstić information content (AvgIpc) is 3.32. The van der Waals surface area contributed by atoms with Gasteiger partial charge < -0.3 is 30.7 Å². The number of nitrogens with zero attached hydrogens (tertiary/aromatic N) is 4. The molecule has 1 aromatic heterocycles. The summed E-state index contributed by atoms with van der Waals surface area (Å²) >= 11 is 14.2. The van der Waals surface area contributed by atoms with E-state index in [1.807, 2.05) is 6.92 Å². The molecule has 4 heterocycles. The highest BCUT2D eigenvalue weighted by Gasteiger charge is 2.47. The number of ether oxygens (including phenoxy) is 1. The number of benzene rings is 2. The van der Waals surface area contributed by atoms with Gasteiger partial charge in [0.15, 0.2) is 5.94 Å². The summed E-state index contributed by atoms with van der Waals surface area (Å²) in [5.41, 5.74) is 7.30. The van der Waals surface area contributed by atoms with Gasteiger partial charge in [-0.05, 0) is 49.6 Å². The second-order valence-electron chi connectivity index (χ2n) is 11.6. The second-order valence-corrected chi connectivity index (χ2v) is 13.5. The molecule has 2 fully saturated rings. The Balaban J connectivity index is 1.16. The quantitative estimate of drug-likeness (QED) is 0.278. The Kier molecular flexibility index (Phi) is 9.16. The van der Waals surface area contributed by atoms with Gasteiger partial charge in [-0.2, -0.15) is 0 Å². The molecule has 0 radical (unpaired) electrons. The summed E-state index contributed by atoms with van der Waals surface area (Å²) in [6.07, 6.45) is 6.95.